The number of halogens is 2. The van der Waals surface area contributed by atoms with Crippen LogP contribution < -0.4 is 0 Å². The maximum Gasteiger partial charge on any atom is 0.280 e. The van der Waals surface area contributed by atoms with Crippen LogP contribution in [-0.2, 0) is 14.3 Å². The number of ketones is 1. The van der Waals surface area contributed by atoms with E-state index < -0.39 is 12.7 Å². The van der Waals surface area contributed by atoms with Gasteiger partial charge in [0.25, 0.3) is 6.43 Å². The van der Waals surface area contributed by atoms with Crippen LogP contribution in [0.5, 0.6) is 0 Å². The standard InChI is InChI=1S/C12H12F2N2O3S/c1-5-2-6(10(13)14)16-12(15-5)20-9-3-7(17)11-18-4-8(9)19-11/h2,8-11H,3-4H2,1H3. The van der Waals surface area contributed by atoms with Crippen molar-refractivity contribution in [3.05, 3.63) is 17.5 Å². The summed E-state index contributed by atoms with van der Waals surface area (Å²) in [6, 6.07) is 1.26. The van der Waals surface area contributed by atoms with Crippen LogP contribution in [0.4, 0.5) is 8.78 Å². The molecule has 0 aliphatic carbocycles. The minimum atomic E-state index is -2.64. The topological polar surface area (TPSA) is 61.3 Å². The number of fused-ring (bicyclic) bond motifs is 2. The van der Waals surface area contributed by atoms with Crippen LogP contribution in [0.3, 0.4) is 0 Å². The minimum absolute atomic E-state index is 0.127. The van der Waals surface area contributed by atoms with E-state index in [2.05, 4.69) is 9.97 Å². The van der Waals surface area contributed by atoms with E-state index >= 15 is 0 Å². The maximum absolute atomic E-state index is 12.7. The molecule has 2 aliphatic rings. The molecule has 1 aromatic rings. The molecule has 2 bridgehead atoms. The van der Waals surface area contributed by atoms with Gasteiger partial charge in [-0.25, -0.2) is 18.7 Å². The Hall–Kier alpha value is -1.12. The third-order valence-corrected chi connectivity index (χ3v) is 4.29. The first-order chi connectivity index (χ1) is 9.52. The molecule has 2 fully saturated rings. The molecule has 3 atom stereocenters. The molecule has 0 aromatic carbocycles. The molecule has 0 radical (unpaired) electrons. The fourth-order valence-electron chi connectivity index (χ4n) is 2.19. The Bertz CT molecular complexity index is 543. The van der Waals surface area contributed by atoms with Gasteiger partial charge in [0, 0.05) is 17.4 Å². The van der Waals surface area contributed by atoms with Crippen molar-refractivity contribution in [2.24, 2.45) is 0 Å². The van der Waals surface area contributed by atoms with Crippen molar-refractivity contribution in [2.75, 3.05) is 6.61 Å². The van der Waals surface area contributed by atoms with E-state index in [9.17, 15) is 13.6 Å². The Kier molecular flexibility index (Phi) is 3.70. The molecule has 3 heterocycles. The Morgan fingerprint density at radius 2 is 2.25 bits per heavy atom. The van der Waals surface area contributed by atoms with E-state index in [1.165, 1.54) is 17.8 Å². The first-order valence-corrected chi connectivity index (χ1v) is 7.01. The molecule has 108 valence electrons. The second-order valence-electron chi connectivity index (χ2n) is 4.68. The molecule has 0 spiro atoms. The van der Waals surface area contributed by atoms with Gasteiger partial charge in [-0.05, 0) is 13.0 Å². The number of Topliss-reactive ketones (excluding diaryl/α,β-unsaturated/α-hetero) is 1. The second-order valence-corrected chi connectivity index (χ2v) is 5.89. The lowest BCUT2D eigenvalue weighted by Gasteiger charge is -2.25. The lowest BCUT2D eigenvalue weighted by molar-refractivity contribution is -0.151. The van der Waals surface area contributed by atoms with Crippen LogP contribution in [0, 0.1) is 6.92 Å². The number of ether oxygens (including phenoxy) is 2. The lowest BCUT2D eigenvalue weighted by atomic mass is 10.1. The third-order valence-electron chi connectivity index (χ3n) is 3.12. The molecule has 2 saturated heterocycles. The van der Waals surface area contributed by atoms with E-state index in [1.54, 1.807) is 6.92 Å². The summed E-state index contributed by atoms with van der Waals surface area (Å²) >= 11 is 1.19. The largest absolute Gasteiger partial charge is 0.343 e. The van der Waals surface area contributed by atoms with Crippen LogP contribution in [0.1, 0.15) is 24.2 Å². The van der Waals surface area contributed by atoms with Crippen LogP contribution in [0.2, 0.25) is 0 Å². The summed E-state index contributed by atoms with van der Waals surface area (Å²) in [5, 5.41) is 0.0422. The fraction of sp³-hybridized carbons (Fsp3) is 0.583. The highest BCUT2D eigenvalue weighted by atomic mass is 32.2. The van der Waals surface area contributed by atoms with Gasteiger partial charge in [-0.15, -0.1) is 0 Å². The van der Waals surface area contributed by atoms with Crippen molar-refractivity contribution in [3.63, 3.8) is 0 Å². The number of nitrogens with zero attached hydrogens (tertiary/aromatic N) is 2. The molecule has 8 heteroatoms. The number of hydrogen-bond acceptors (Lipinski definition) is 6. The summed E-state index contributed by atoms with van der Waals surface area (Å²) in [5.74, 6) is -0.127. The van der Waals surface area contributed by atoms with Gasteiger partial charge in [0.1, 0.15) is 5.69 Å². The molecule has 3 unspecified atom stereocenters. The zero-order valence-corrected chi connectivity index (χ0v) is 11.4. The average molecular weight is 302 g/mol. The molecule has 0 saturated carbocycles. The molecule has 2 aliphatic heterocycles. The van der Waals surface area contributed by atoms with Crippen LogP contribution >= 0.6 is 11.8 Å². The average Bonchev–Trinajstić information content (AvgIpc) is 2.81. The van der Waals surface area contributed by atoms with Gasteiger partial charge in [-0.2, -0.15) is 0 Å². The summed E-state index contributed by atoms with van der Waals surface area (Å²) in [5.41, 5.74) is 0.171. The van der Waals surface area contributed by atoms with Gasteiger partial charge in [-0.1, -0.05) is 11.8 Å². The van der Waals surface area contributed by atoms with E-state index in [4.69, 9.17) is 9.47 Å². The zero-order chi connectivity index (χ0) is 14.3. The van der Waals surface area contributed by atoms with Crippen LogP contribution in [-0.4, -0.2) is 40.0 Å². The summed E-state index contributed by atoms with van der Waals surface area (Å²) < 4.78 is 36.0. The molecule has 0 N–H and O–H groups in total. The van der Waals surface area contributed by atoms with Gasteiger partial charge in [0.15, 0.2) is 10.9 Å². The monoisotopic (exact) mass is 302 g/mol. The third kappa shape index (κ3) is 2.68. The van der Waals surface area contributed by atoms with Crippen LogP contribution in [0.25, 0.3) is 0 Å². The highest BCUT2D eigenvalue weighted by Gasteiger charge is 2.43. The number of hydrogen-bond donors (Lipinski definition) is 0. The molecule has 5 nitrogen and oxygen atoms in total. The van der Waals surface area contributed by atoms with Gasteiger partial charge in [0.2, 0.25) is 6.29 Å². The van der Waals surface area contributed by atoms with Gasteiger partial charge < -0.3 is 9.47 Å². The van der Waals surface area contributed by atoms with Crippen molar-refractivity contribution in [1.29, 1.82) is 0 Å². The molecule has 3 rings (SSSR count). The van der Waals surface area contributed by atoms with Gasteiger partial charge >= 0.3 is 0 Å². The maximum atomic E-state index is 12.7. The molecular formula is C12H12F2N2O3S. The number of aryl methyl sites for hydroxylation is 1. The smallest absolute Gasteiger partial charge is 0.280 e. The Balaban J connectivity index is 1.79. The number of thioether (sulfide) groups is 1. The van der Waals surface area contributed by atoms with Crippen molar-refractivity contribution in [2.45, 2.75) is 42.6 Å². The number of aromatic nitrogens is 2. The quantitative estimate of drug-likeness (QED) is 0.795. The van der Waals surface area contributed by atoms with E-state index in [1.807, 2.05) is 0 Å². The van der Waals surface area contributed by atoms with E-state index in [0.29, 0.717) is 12.3 Å². The van der Waals surface area contributed by atoms with E-state index in [-0.39, 0.29) is 34.4 Å². The number of carbonyl (C=O) groups is 1. The number of alkyl halides is 2. The SMILES string of the molecule is Cc1cc(C(F)F)nc(SC2CC(=O)C3OCC2O3)n1. The molecule has 20 heavy (non-hydrogen) atoms. The summed E-state index contributed by atoms with van der Waals surface area (Å²) in [6.07, 6.45) is -3.34. The lowest BCUT2D eigenvalue weighted by Crippen LogP contribution is -2.37. The molecular weight excluding hydrogens is 290 g/mol. The Morgan fingerprint density at radius 3 is 3.00 bits per heavy atom. The first kappa shape index (κ1) is 13.8. The predicted molar refractivity (Wildman–Crippen MR) is 65.6 cm³/mol. The highest BCUT2D eigenvalue weighted by molar-refractivity contribution is 7.99. The Labute approximate surface area is 118 Å². The summed E-state index contributed by atoms with van der Waals surface area (Å²) in [7, 11) is 0. The first-order valence-electron chi connectivity index (χ1n) is 6.13. The van der Waals surface area contributed by atoms with Crippen molar-refractivity contribution < 1.29 is 23.0 Å². The second kappa shape index (κ2) is 5.34. The highest BCUT2D eigenvalue weighted by Crippen LogP contribution is 2.35. The number of rotatable bonds is 3. The van der Waals surface area contributed by atoms with Crippen LogP contribution in [0.15, 0.2) is 11.2 Å². The van der Waals surface area contributed by atoms with E-state index in [0.717, 1.165) is 0 Å². The molecule has 0 amide bonds. The van der Waals surface area contributed by atoms with Crippen molar-refractivity contribution in [3.8, 4) is 0 Å². The molecule has 1 aromatic heterocycles. The van der Waals surface area contributed by atoms with Crippen molar-refractivity contribution >= 4 is 17.5 Å². The minimum Gasteiger partial charge on any atom is -0.343 e. The Morgan fingerprint density at radius 1 is 1.45 bits per heavy atom. The predicted octanol–water partition coefficient (Wildman–Crippen LogP) is 1.90. The van der Waals surface area contributed by atoms with Gasteiger partial charge in [0.05, 0.1) is 12.7 Å². The fourth-order valence-corrected chi connectivity index (χ4v) is 3.36. The summed E-state index contributed by atoms with van der Waals surface area (Å²) in [4.78, 5) is 19.6. The normalized spacial score (nSPS) is 29.2. The summed E-state index contributed by atoms with van der Waals surface area (Å²) in [6.45, 7) is 1.97. The van der Waals surface area contributed by atoms with Crippen molar-refractivity contribution in [1.82, 2.24) is 9.97 Å². The van der Waals surface area contributed by atoms with Gasteiger partial charge in [-0.3, -0.25) is 4.79 Å². The zero-order valence-electron chi connectivity index (χ0n) is 10.6. The number of carbonyl (C=O) groups excluding carboxylic acids is 1.